The van der Waals surface area contributed by atoms with Crippen molar-refractivity contribution in [2.75, 3.05) is 37.4 Å². The molecule has 4 aromatic rings. The van der Waals surface area contributed by atoms with Crippen LogP contribution in [-0.4, -0.2) is 64.4 Å². The van der Waals surface area contributed by atoms with Crippen molar-refractivity contribution in [1.82, 2.24) is 9.55 Å². The van der Waals surface area contributed by atoms with Gasteiger partial charge in [0.1, 0.15) is 11.4 Å². The molecule has 0 aliphatic carbocycles. The van der Waals surface area contributed by atoms with E-state index < -0.39 is 18.6 Å². The predicted octanol–water partition coefficient (Wildman–Crippen LogP) is 3.87. The molecule has 11 nitrogen and oxygen atoms in total. The first-order valence-electron chi connectivity index (χ1n) is 15.5. The molecule has 47 heavy (non-hydrogen) atoms. The van der Waals surface area contributed by atoms with Gasteiger partial charge in [0.25, 0.3) is 5.91 Å². The number of nitrogens with two attached hydrogens (primary N) is 2. The van der Waals surface area contributed by atoms with Gasteiger partial charge in [-0.3, -0.25) is 14.6 Å². The van der Waals surface area contributed by atoms with Crippen LogP contribution in [0.15, 0.2) is 89.2 Å². The molecule has 3 heterocycles. The number of nitrogens with zero attached hydrogens (tertiary/aromatic N) is 3. The Morgan fingerprint density at radius 3 is 2.47 bits per heavy atom. The number of ether oxygens (including phenoxy) is 1. The normalized spacial score (nSPS) is 14.7. The summed E-state index contributed by atoms with van der Waals surface area (Å²) in [4.78, 5) is 35.7. The van der Waals surface area contributed by atoms with E-state index in [1.165, 1.54) is 12.4 Å². The third-order valence-electron chi connectivity index (χ3n) is 8.14. The first-order chi connectivity index (χ1) is 22.7. The number of aliphatic imine (C=N–C) groups is 1. The van der Waals surface area contributed by atoms with Gasteiger partial charge in [0.15, 0.2) is 0 Å². The van der Waals surface area contributed by atoms with E-state index in [-0.39, 0.29) is 17.5 Å². The van der Waals surface area contributed by atoms with E-state index in [2.05, 4.69) is 15.3 Å². The molecule has 0 unspecified atom stereocenters. The lowest BCUT2D eigenvalue weighted by atomic mass is 9.99. The zero-order valence-electron chi connectivity index (χ0n) is 26.3. The van der Waals surface area contributed by atoms with Crippen molar-refractivity contribution in [2.45, 2.75) is 32.4 Å². The number of nitrogen functional groups attached to an aromatic ring is 1. The smallest absolute Gasteiger partial charge is 0.261 e. The molecule has 1 amide bonds. The average molecular weight is 637 g/mol. The lowest BCUT2D eigenvalue weighted by molar-refractivity contribution is 0.0612. The van der Waals surface area contributed by atoms with Crippen LogP contribution < -0.4 is 22.2 Å². The quantitative estimate of drug-likeness (QED) is 0.154. The van der Waals surface area contributed by atoms with Crippen molar-refractivity contribution < 1.29 is 19.7 Å². The zero-order chi connectivity index (χ0) is 33.3. The van der Waals surface area contributed by atoms with Gasteiger partial charge >= 0.3 is 0 Å². The van der Waals surface area contributed by atoms with Gasteiger partial charge in [-0.1, -0.05) is 42.0 Å². The van der Waals surface area contributed by atoms with E-state index in [1.54, 1.807) is 36.7 Å². The second kappa shape index (κ2) is 15.5. The number of benzene rings is 2. The molecule has 0 bridgehead atoms. The highest BCUT2D eigenvalue weighted by molar-refractivity contribution is 6.10. The molecule has 1 saturated heterocycles. The van der Waals surface area contributed by atoms with E-state index in [9.17, 15) is 14.7 Å². The number of amides is 1. The molecule has 2 aromatic heterocycles. The number of aromatic nitrogens is 2. The maximum Gasteiger partial charge on any atom is 0.261 e. The largest absolute Gasteiger partial charge is 0.404 e. The van der Waals surface area contributed by atoms with Crippen LogP contribution in [0.25, 0.3) is 27.8 Å². The number of carbonyl (C=O) groups is 1. The number of aliphatic hydroxyl groups is 2. The first-order valence-corrected chi connectivity index (χ1v) is 15.5. The lowest BCUT2D eigenvalue weighted by Gasteiger charge is -2.23. The van der Waals surface area contributed by atoms with Gasteiger partial charge in [0, 0.05) is 78.7 Å². The third kappa shape index (κ3) is 8.39. The zero-order valence-corrected chi connectivity index (χ0v) is 26.3. The van der Waals surface area contributed by atoms with Crippen LogP contribution in [0.2, 0.25) is 0 Å². The summed E-state index contributed by atoms with van der Waals surface area (Å²) in [6, 6.07) is 16.6. The van der Waals surface area contributed by atoms with Crippen molar-refractivity contribution >= 4 is 29.2 Å². The first kappa shape index (κ1) is 33.3. The van der Waals surface area contributed by atoms with Gasteiger partial charge < -0.3 is 36.3 Å². The Morgan fingerprint density at radius 1 is 1.11 bits per heavy atom. The number of aliphatic hydroxyl groups excluding tert-OH is 2. The summed E-state index contributed by atoms with van der Waals surface area (Å²) in [6.45, 7) is 3.72. The summed E-state index contributed by atoms with van der Waals surface area (Å²) in [6.07, 6.45) is 8.82. The third-order valence-corrected chi connectivity index (χ3v) is 8.14. The topological polar surface area (TPSA) is 178 Å². The monoisotopic (exact) mass is 636 g/mol. The number of pyridine rings is 2. The minimum Gasteiger partial charge on any atom is -0.404 e. The van der Waals surface area contributed by atoms with Crippen LogP contribution in [0, 0.1) is 12.8 Å². The molecule has 1 fully saturated rings. The van der Waals surface area contributed by atoms with E-state index in [1.807, 2.05) is 48.0 Å². The predicted molar refractivity (Wildman–Crippen MR) is 185 cm³/mol. The number of nitrogens with one attached hydrogen (secondary N) is 1. The number of carbonyl (C=O) groups excluding carboxylic acids is 1. The lowest BCUT2D eigenvalue weighted by Crippen LogP contribution is -2.26. The summed E-state index contributed by atoms with van der Waals surface area (Å²) in [5, 5.41) is 21.4. The van der Waals surface area contributed by atoms with Crippen LogP contribution in [0.5, 0.6) is 0 Å². The number of aryl methyl sites for hydroxylation is 1. The summed E-state index contributed by atoms with van der Waals surface area (Å²) in [7, 11) is 0. The second-order valence-corrected chi connectivity index (χ2v) is 11.7. The summed E-state index contributed by atoms with van der Waals surface area (Å²) in [5.74, 6) is 0.195. The minimum atomic E-state index is -0.959. The van der Waals surface area contributed by atoms with Gasteiger partial charge in [-0.2, -0.15) is 0 Å². The standard InChI is InChI=1S/C36H40N6O5/c1-23-2-4-26(5-3-23)32-20-42(19-24-10-12-47-13-11-24)21-33(34(32)45)36(46)41-29-8-6-25(7-9-29)31-14-27(17-40-35(31)38)28(15-37)16-39-18-30(44)22-43/h2-9,14-17,20-21,24,30,43-44H,10-13,18-19,22,37H2,1H3,(H2,38,40)(H,41,46)/t30-/m0/s1. The molecule has 11 heteroatoms. The maximum atomic E-state index is 13.7. The van der Waals surface area contributed by atoms with Crippen LogP contribution in [-0.2, 0) is 11.3 Å². The van der Waals surface area contributed by atoms with Crippen LogP contribution >= 0.6 is 0 Å². The van der Waals surface area contributed by atoms with Gasteiger partial charge in [-0.15, -0.1) is 0 Å². The highest BCUT2D eigenvalue weighted by atomic mass is 16.5. The van der Waals surface area contributed by atoms with Gasteiger partial charge in [-0.05, 0) is 55.0 Å². The highest BCUT2D eigenvalue weighted by Crippen LogP contribution is 2.29. The second-order valence-electron chi connectivity index (χ2n) is 11.7. The molecule has 5 rings (SSSR count). The Kier molecular flexibility index (Phi) is 10.9. The molecule has 0 spiro atoms. The Hall–Kier alpha value is -5.10. The van der Waals surface area contributed by atoms with E-state index in [0.29, 0.717) is 59.4 Å². The molecule has 1 aliphatic rings. The van der Waals surface area contributed by atoms with Gasteiger partial charge in [0.05, 0.1) is 19.3 Å². The van der Waals surface area contributed by atoms with Crippen molar-refractivity contribution in [3.63, 3.8) is 0 Å². The molecule has 0 radical (unpaired) electrons. The molecule has 244 valence electrons. The van der Waals surface area contributed by atoms with Gasteiger partial charge in [0.2, 0.25) is 5.43 Å². The van der Waals surface area contributed by atoms with E-state index >= 15 is 0 Å². The average Bonchev–Trinajstić information content (AvgIpc) is 3.09. The fourth-order valence-corrected chi connectivity index (χ4v) is 5.40. The van der Waals surface area contributed by atoms with Crippen molar-refractivity contribution in [1.29, 1.82) is 0 Å². The highest BCUT2D eigenvalue weighted by Gasteiger charge is 2.20. The van der Waals surface area contributed by atoms with Crippen molar-refractivity contribution in [3.8, 4) is 22.3 Å². The molecular weight excluding hydrogens is 596 g/mol. The number of anilines is 2. The summed E-state index contributed by atoms with van der Waals surface area (Å²) < 4.78 is 7.47. The SMILES string of the molecule is Cc1ccc(-c2cn(CC3CCOCC3)cc(C(=O)Nc3ccc(-c4cc(C(C=NC[C@H](O)CO)=CN)cnc4N)cc3)c2=O)cc1. The number of allylic oxidation sites excluding steroid dienone is 1. The fraction of sp³-hybridized carbons (Fsp3) is 0.278. The molecular formula is C36H40N6O5. The molecule has 7 N–H and O–H groups in total. The number of hydrogen-bond acceptors (Lipinski definition) is 9. The Labute approximate surface area is 273 Å². The maximum absolute atomic E-state index is 13.7. The Balaban J connectivity index is 1.38. The Morgan fingerprint density at radius 2 is 1.79 bits per heavy atom. The number of hydrogen-bond donors (Lipinski definition) is 5. The van der Waals surface area contributed by atoms with E-state index in [4.69, 9.17) is 21.3 Å². The molecule has 0 saturated carbocycles. The fourth-order valence-electron chi connectivity index (χ4n) is 5.40. The molecule has 1 atom stereocenters. The Bertz CT molecular complexity index is 1810. The van der Waals surface area contributed by atoms with Crippen LogP contribution in [0.3, 0.4) is 0 Å². The summed E-state index contributed by atoms with van der Waals surface area (Å²) in [5.41, 5.74) is 17.2. The number of rotatable bonds is 11. The molecule has 2 aromatic carbocycles. The minimum absolute atomic E-state index is 0.0241. The van der Waals surface area contributed by atoms with E-state index in [0.717, 1.165) is 29.5 Å². The van der Waals surface area contributed by atoms with Gasteiger partial charge in [-0.25, -0.2) is 4.98 Å². The van der Waals surface area contributed by atoms with Crippen LogP contribution in [0.1, 0.15) is 34.3 Å². The van der Waals surface area contributed by atoms with Crippen LogP contribution in [0.4, 0.5) is 11.5 Å². The molecule has 1 aliphatic heterocycles. The summed E-state index contributed by atoms with van der Waals surface area (Å²) >= 11 is 0. The van der Waals surface area contributed by atoms with Crippen molar-refractivity contribution in [2.24, 2.45) is 16.6 Å². The van der Waals surface area contributed by atoms with Crippen molar-refractivity contribution in [3.05, 3.63) is 106 Å².